The first-order valence-electron chi connectivity index (χ1n) is 16.7. The number of furan rings is 2. The highest BCUT2D eigenvalue weighted by Gasteiger charge is 2.15. The Labute approximate surface area is 287 Å². The van der Waals surface area contributed by atoms with Gasteiger partial charge >= 0.3 is 0 Å². The highest BCUT2D eigenvalue weighted by atomic mass is 16.3. The van der Waals surface area contributed by atoms with Gasteiger partial charge in [0.25, 0.3) is 0 Å². The molecule has 7 aromatic carbocycles. The molecule has 234 valence electrons. The Morgan fingerprint density at radius 3 is 1.60 bits per heavy atom. The number of benzene rings is 7. The lowest BCUT2D eigenvalue weighted by molar-refractivity contribution is 0.669. The Balaban J connectivity index is 1.00. The zero-order chi connectivity index (χ0) is 33.0. The lowest BCUT2D eigenvalue weighted by atomic mass is 9.98. The number of rotatable bonds is 5. The van der Waals surface area contributed by atoms with E-state index < -0.39 is 0 Å². The lowest BCUT2D eigenvalue weighted by Gasteiger charge is -2.10. The van der Waals surface area contributed by atoms with Gasteiger partial charge in [0.05, 0.1) is 11.4 Å². The van der Waals surface area contributed by atoms with E-state index in [2.05, 4.69) is 109 Å². The average molecular weight is 641 g/mol. The molecular formula is C46H28N2O2. The van der Waals surface area contributed by atoms with Crippen LogP contribution in [0.5, 0.6) is 0 Å². The standard InChI is InChI=1S/C46H28N2O2/c1-2-9-33(10-3-1)46-47-40(28-41(48-46)34-25-26-38-36-11-4-6-15-42(36)49-44(38)27-34)32-23-19-30(20-24-32)29-17-21-31(22-18-29)35-13-8-14-39-37-12-5-7-16-43(37)50-45(35)39/h1-28H. The molecular weight excluding hydrogens is 613 g/mol. The molecule has 0 atom stereocenters. The number of para-hydroxylation sites is 3. The second-order valence-electron chi connectivity index (χ2n) is 12.6. The Morgan fingerprint density at radius 2 is 0.860 bits per heavy atom. The summed E-state index contributed by atoms with van der Waals surface area (Å²) >= 11 is 0. The van der Waals surface area contributed by atoms with Gasteiger partial charge in [-0.3, -0.25) is 0 Å². The van der Waals surface area contributed by atoms with Crippen molar-refractivity contribution in [3.05, 3.63) is 170 Å². The molecule has 3 aromatic heterocycles. The van der Waals surface area contributed by atoms with Crippen LogP contribution in [0.15, 0.2) is 179 Å². The number of hydrogen-bond donors (Lipinski definition) is 0. The Morgan fingerprint density at radius 1 is 0.320 bits per heavy atom. The summed E-state index contributed by atoms with van der Waals surface area (Å²) in [4.78, 5) is 10.1. The third-order valence-electron chi connectivity index (χ3n) is 9.55. The average Bonchev–Trinajstić information content (AvgIpc) is 3.76. The molecule has 0 unspecified atom stereocenters. The molecule has 0 amide bonds. The molecule has 0 spiro atoms. The molecule has 0 aliphatic rings. The van der Waals surface area contributed by atoms with Gasteiger partial charge in [-0.1, -0.05) is 140 Å². The van der Waals surface area contributed by atoms with Crippen molar-refractivity contribution < 1.29 is 8.83 Å². The van der Waals surface area contributed by atoms with Crippen molar-refractivity contribution in [2.24, 2.45) is 0 Å². The van der Waals surface area contributed by atoms with E-state index in [1.54, 1.807) is 0 Å². The molecule has 0 aliphatic heterocycles. The normalized spacial score (nSPS) is 11.6. The molecule has 0 saturated carbocycles. The monoisotopic (exact) mass is 640 g/mol. The van der Waals surface area contributed by atoms with Crippen molar-refractivity contribution >= 4 is 43.9 Å². The molecule has 0 fully saturated rings. The Hall–Kier alpha value is -6.78. The van der Waals surface area contributed by atoms with Crippen LogP contribution in [0.1, 0.15) is 0 Å². The highest BCUT2D eigenvalue weighted by Crippen LogP contribution is 2.37. The van der Waals surface area contributed by atoms with Crippen LogP contribution < -0.4 is 0 Å². The van der Waals surface area contributed by atoms with Gasteiger partial charge in [0.2, 0.25) is 0 Å². The van der Waals surface area contributed by atoms with E-state index in [9.17, 15) is 0 Å². The summed E-state index contributed by atoms with van der Waals surface area (Å²) in [5, 5.41) is 4.48. The summed E-state index contributed by atoms with van der Waals surface area (Å²) in [6, 6.07) is 58.5. The molecule has 10 aromatic rings. The van der Waals surface area contributed by atoms with E-state index in [1.165, 1.54) is 0 Å². The summed E-state index contributed by atoms with van der Waals surface area (Å²) in [7, 11) is 0. The third kappa shape index (κ3) is 4.77. The zero-order valence-corrected chi connectivity index (χ0v) is 26.9. The quantitative estimate of drug-likeness (QED) is 0.188. The minimum absolute atomic E-state index is 0.682. The van der Waals surface area contributed by atoms with Crippen molar-refractivity contribution in [2.75, 3.05) is 0 Å². The fourth-order valence-corrected chi connectivity index (χ4v) is 6.99. The fourth-order valence-electron chi connectivity index (χ4n) is 6.99. The number of nitrogens with zero attached hydrogens (tertiary/aromatic N) is 2. The Kier molecular flexibility index (Phi) is 6.46. The summed E-state index contributed by atoms with van der Waals surface area (Å²) in [6.45, 7) is 0. The molecule has 4 nitrogen and oxygen atoms in total. The predicted octanol–water partition coefficient (Wildman–Crippen LogP) is 12.6. The molecule has 0 radical (unpaired) electrons. The predicted molar refractivity (Wildman–Crippen MR) is 204 cm³/mol. The van der Waals surface area contributed by atoms with Crippen molar-refractivity contribution in [3.63, 3.8) is 0 Å². The second-order valence-corrected chi connectivity index (χ2v) is 12.6. The summed E-state index contributed by atoms with van der Waals surface area (Å²) in [6.07, 6.45) is 0. The van der Waals surface area contributed by atoms with Crippen LogP contribution in [-0.2, 0) is 0 Å². The van der Waals surface area contributed by atoms with E-state index >= 15 is 0 Å². The topological polar surface area (TPSA) is 52.1 Å². The lowest BCUT2D eigenvalue weighted by Crippen LogP contribution is -1.96. The number of aromatic nitrogens is 2. The molecule has 4 heteroatoms. The minimum Gasteiger partial charge on any atom is -0.456 e. The maximum Gasteiger partial charge on any atom is 0.160 e. The van der Waals surface area contributed by atoms with Gasteiger partial charge in [0.15, 0.2) is 5.82 Å². The van der Waals surface area contributed by atoms with E-state index in [0.717, 1.165) is 94.2 Å². The van der Waals surface area contributed by atoms with Crippen molar-refractivity contribution in [3.8, 4) is 56.2 Å². The van der Waals surface area contributed by atoms with Gasteiger partial charge < -0.3 is 8.83 Å². The van der Waals surface area contributed by atoms with Crippen LogP contribution in [0.4, 0.5) is 0 Å². The third-order valence-corrected chi connectivity index (χ3v) is 9.55. The van der Waals surface area contributed by atoms with Crippen LogP contribution in [-0.4, -0.2) is 9.97 Å². The molecule has 50 heavy (non-hydrogen) atoms. The first kappa shape index (κ1) is 28.3. The summed E-state index contributed by atoms with van der Waals surface area (Å²) in [5.74, 6) is 0.682. The largest absolute Gasteiger partial charge is 0.456 e. The summed E-state index contributed by atoms with van der Waals surface area (Å²) in [5.41, 5.74) is 12.7. The number of hydrogen-bond acceptors (Lipinski definition) is 4. The molecule has 0 aliphatic carbocycles. The maximum absolute atomic E-state index is 6.30. The van der Waals surface area contributed by atoms with Crippen LogP contribution in [0.3, 0.4) is 0 Å². The molecule has 0 bridgehead atoms. The van der Waals surface area contributed by atoms with E-state index in [1.807, 2.05) is 60.7 Å². The van der Waals surface area contributed by atoms with Crippen molar-refractivity contribution in [1.82, 2.24) is 9.97 Å². The number of fused-ring (bicyclic) bond motifs is 6. The van der Waals surface area contributed by atoms with Crippen LogP contribution in [0.25, 0.3) is 100 Å². The van der Waals surface area contributed by atoms with Crippen LogP contribution >= 0.6 is 0 Å². The smallest absolute Gasteiger partial charge is 0.160 e. The van der Waals surface area contributed by atoms with Gasteiger partial charge in [0.1, 0.15) is 22.3 Å². The van der Waals surface area contributed by atoms with Crippen LogP contribution in [0.2, 0.25) is 0 Å². The Bertz CT molecular complexity index is 2850. The molecule has 0 saturated heterocycles. The second kappa shape index (κ2) is 11.4. The molecule has 3 heterocycles. The maximum atomic E-state index is 6.30. The first-order valence-corrected chi connectivity index (χ1v) is 16.7. The first-order chi connectivity index (χ1) is 24.7. The van der Waals surface area contributed by atoms with E-state index in [-0.39, 0.29) is 0 Å². The van der Waals surface area contributed by atoms with Crippen molar-refractivity contribution in [1.29, 1.82) is 0 Å². The van der Waals surface area contributed by atoms with Crippen LogP contribution in [0, 0.1) is 0 Å². The molecule has 0 N–H and O–H groups in total. The van der Waals surface area contributed by atoms with Gasteiger partial charge in [0, 0.05) is 43.8 Å². The highest BCUT2D eigenvalue weighted by molar-refractivity contribution is 6.09. The van der Waals surface area contributed by atoms with Gasteiger partial charge in [-0.05, 0) is 47.0 Å². The minimum atomic E-state index is 0.682. The fraction of sp³-hybridized carbons (Fsp3) is 0. The van der Waals surface area contributed by atoms with Crippen molar-refractivity contribution in [2.45, 2.75) is 0 Å². The van der Waals surface area contributed by atoms with E-state index in [4.69, 9.17) is 18.8 Å². The molecule has 10 rings (SSSR count). The van der Waals surface area contributed by atoms with Gasteiger partial charge in [-0.15, -0.1) is 0 Å². The SMILES string of the molecule is c1ccc(-c2nc(-c3ccc(-c4ccc(-c5cccc6c5oc5ccccc56)cc4)cc3)cc(-c3ccc4c(c3)oc3ccccc34)n2)cc1. The van der Waals surface area contributed by atoms with Gasteiger partial charge in [-0.2, -0.15) is 0 Å². The summed E-state index contributed by atoms with van der Waals surface area (Å²) < 4.78 is 12.5. The zero-order valence-electron chi connectivity index (χ0n) is 26.9. The van der Waals surface area contributed by atoms with Gasteiger partial charge in [-0.25, -0.2) is 9.97 Å². The van der Waals surface area contributed by atoms with E-state index in [0.29, 0.717) is 5.82 Å².